The summed E-state index contributed by atoms with van der Waals surface area (Å²) in [4.78, 5) is 0. The molecule has 0 atom stereocenters. The summed E-state index contributed by atoms with van der Waals surface area (Å²) in [5.74, 6) is 0. The van der Waals surface area contributed by atoms with Crippen LogP contribution >= 0.6 is 0 Å². The second-order valence-corrected chi connectivity index (χ2v) is 5.74. The van der Waals surface area contributed by atoms with Crippen LogP contribution in [0.4, 0.5) is 0 Å². The molecule has 0 aromatic carbocycles. The van der Waals surface area contributed by atoms with Gasteiger partial charge < -0.3 is 0 Å². The van der Waals surface area contributed by atoms with Crippen molar-refractivity contribution < 1.29 is 0 Å². The summed E-state index contributed by atoms with van der Waals surface area (Å²) in [6.07, 6.45) is 3.15. The predicted molar refractivity (Wildman–Crippen MR) is 24.6 cm³/mol. The maximum atomic E-state index is 1.67. The summed E-state index contributed by atoms with van der Waals surface area (Å²) in [6.45, 7) is 0. The molecule has 0 saturated carbocycles. The van der Waals surface area contributed by atoms with E-state index in [1.165, 1.54) is 0 Å². The summed E-state index contributed by atoms with van der Waals surface area (Å²) >= 11 is 0.329. The van der Waals surface area contributed by atoms with Crippen molar-refractivity contribution in [3.8, 4) is 0 Å². The molecule has 1 rings (SSSR count). The van der Waals surface area contributed by atoms with E-state index in [0.29, 0.717) is 21.1 Å². The molecule has 0 aliphatic carbocycles. The molecule has 1 fully saturated rings. The Balaban J connectivity index is 2.08. The van der Waals surface area contributed by atoms with Crippen LogP contribution in [0.3, 0.4) is 0 Å². The molecule has 0 bridgehead atoms. The van der Waals surface area contributed by atoms with Crippen LogP contribution in [0.15, 0.2) is 0 Å². The Morgan fingerprint density at radius 2 is 1.60 bits per heavy atom. The van der Waals surface area contributed by atoms with E-state index in [-0.39, 0.29) is 0 Å². The van der Waals surface area contributed by atoms with Gasteiger partial charge in [-0.05, 0) is 0 Å². The molecule has 1 saturated heterocycles. The van der Waals surface area contributed by atoms with Crippen LogP contribution in [0.1, 0.15) is 12.8 Å². The number of rotatable bonds is 0. The standard InChI is InChI=1S/C4H8.Sn/c1-3-4-2;/h1-4H2;/q;+2. The predicted octanol–water partition coefficient (Wildman–Crippen LogP) is 1.32. The van der Waals surface area contributed by atoms with Gasteiger partial charge in [-0.1, -0.05) is 0 Å². The normalized spacial score (nSPS) is 20.8. The van der Waals surface area contributed by atoms with E-state index in [1.807, 2.05) is 0 Å². The zero-order valence-corrected chi connectivity index (χ0v) is 6.18. The van der Waals surface area contributed by atoms with Crippen LogP contribution in [0.25, 0.3) is 0 Å². The second kappa shape index (κ2) is 2.06. The maximum absolute atomic E-state index is 1.67. The molecule has 0 radical (unpaired) electrons. The molecule has 0 unspecified atom stereocenters. The van der Waals surface area contributed by atoms with E-state index in [0.717, 1.165) is 0 Å². The average molecular weight is 175 g/mol. The fourth-order valence-electron chi connectivity index (χ4n) is 0.625. The SMILES string of the molecule is C1C[CH2][Sn+2][CH2]1. The third-order valence-electron chi connectivity index (χ3n) is 0.957. The van der Waals surface area contributed by atoms with Crippen molar-refractivity contribution in [3.63, 3.8) is 0 Å². The third kappa shape index (κ3) is 1.12. The third-order valence-corrected chi connectivity index (χ3v) is 4.99. The van der Waals surface area contributed by atoms with Gasteiger partial charge in [-0.3, -0.25) is 0 Å². The van der Waals surface area contributed by atoms with E-state index in [4.69, 9.17) is 0 Å². The van der Waals surface area contributed by atoms with E-state index in [9.17, 15) is 0 Å². The fraction of sp³-hybridized carbons (Fsp3) is 1.00. The van der Waals surface area contributed by atoms with Gasteiger partial charge in [0.1, 0.15) is 0 Å². The molecule has 0 spiro atoms. The van der Waals surface area contributed by atoms with Crippen molar-refractivity contribution in [1.82, 2.24) is 0 Å². The van der Waals surface area contributed by atoms with Crippen LogP contribution in [0, 0.1) is 0 Å². The van der Waals surface area contributed by atoms with E-state index >= 15 is 0 Å². The molecular formula is C4H8Sn+2. The van der Waals surface area contributed by atoms with E-state index < -0.39 is 0 Å². The number of hydrogen-bond donors (Lipinski definition) is 0. The summed E-state index contributed by atoms with van der Waals surface area (Å²) in [7, 11) is 0. The zero-order valence-electron chi connectivity index (χ0n) is 3.33. The topological polar surface area (TPSA) is 0 Å². The van der Waals surface area contributed by atoms with Crippen LogP contribution < -0.4 is 0 Å². The summed E-state index contributed by atoms with van der Waals surface area (Å²) < 4.78 is 3.34. The van der Waals surface area contributed by atoms with Crippen molar-refractivity contribution in [1.29, 1.82) is 0 Å². The molecule has 1 heteroatoms. The Labute approximate surface area is 43.2 Å². The van der Waals surface area contributed by atoms with Crippen molar-refractivity contribution in [2.75, 3.05) is 0 Å². The summed E-state index contributed by atoms with van der Waals surface area (Å²) in [5.41, 5.74) is 0. The van der Waals surface area contributed by atoms with Gasteiger partial charge in [0.05, 0.1) is 0 Å². The first-order valence-electron chi connectivity index (χ1n) is 2.21. The quantitative estimate of drug-likeness (QED) is 0.487. The molecule has 0 aromatic rings. The van der Waals surface area contributed by atoms with Gasteiger partial charge in [0.15, 0.2) is 0 Å². The van der Waals surface area contributed by atoms with Gasteiger partial charge in [0, 0.05) is 0 Å². The first kappa shape index (κ1) is 3.97. The summed E-state index contributed by atoms with van der Waals surface area (Å²) in [6, 6.07) is 0. The fourth-order valence-corrected chi connectivity index (χ4v) is 4.19. The molecule has 1 heterocycles. The van der Waals surface area contributed by atoms with Crippen molar-refractivity contribution >= 4 is 21.1 Å². The van der Waals surface area contributed by atoms with E-state index in [2.05, 4.69) is 0 Å². The Bertz CT molecular complexity index is 15.2. The van der Waals surface area contributed by atoms with Crippen LogP contribution in [0.5, 0.6) is 0 Å². The molecular weight excluding hydrogens is 167 g/mol. The molecule has 0 aromatic heterocycles. The first-order chi connectivity index (χ1) is 2.50. The summed E-state index contributed by atoms with van der Waals surface area (Å²) in [5, 5.41) is 0. The Morgan fingerprint density at radius 3 is 1.80 bits per heavy atom. The molecule has 0 amide bonds. The van der Waals surface area contributed by atoms with Crippen LogP contribution in [-0.4, -0.2) is 21.1 Å². The van der Waals surface area contributed by atoms with Crippen LogP contribution in [0.2, 0.25) is 8.87 Å². The average Bonchev–Trinajstić information content (AvgIpc) is 1.76. The van der Waals surface area contributed by atoms with Gasteiger partial charge >= 0.3 is 42.9 Å². The minimum absolute atomic E-state index is 0.329. The molecule has 0 N–H and O–H groups in total. The van der Waals surface area contributed by atoms with Crippen molar-refractivity contribution in [2.45, 2.75) is 21.7 Å². The zero-order chi connectivity index (χ0) is 3.54. The Kier molecular flexibility index (Phi) is 1.64. The monoisotopic (exact) mass is 176 g/mol. The van der Waals surface area contributed by atoms with Gasteiger partial charge in [-0.25, -0.2) is 0 Å². The molecule has 0 nitrogen and oxygen atoms in total. The molecule has 1 aliphatic heterocycles. The van der Waals surface area contributed by atoms with Gasteiger partial charge in [-0.15, -0.1) is 0 Å². The van der Waals surface area contributed by atoms with Gasteiger partial charge in [-0.2, -0.15) is 0 Å². The van der Waals surface area contributed by atoms with Crippen molar-refractivity contribution in [3.05, 3.63) is 0 Å². The first-order valence-corrected chi connectivity index (χ1v) is 6.24. The molecule has 1 aliphatic rings. The Hall–Kier alpha value is 0.799. The van der Waals surface area contributed by atoms with E-state index in [1.54, 1.807) is 21.7 Å². The Morgan fingerprint density at radius 1 is 1.00 bits per heavy atom. The van der Waals surface area contributed by atoms with Gasteiger partial charge in [0.2, 0.25) is 0 Å². The second-order valence-electron chi connectivity index (χ2n) is 1.46. The van der Waals surface area contributed by atoms with Crippen LogP contribution in [-0.2, 0) is 0 Å². The van der Waals surface area contributed by atoms with Crippen molar-refractivity contribution in [2.24, 2.45) is 0 Å². The van der Waals surface area contributed by atoms with Gasteiger partial charge in [0.25, 0.3) is 0 Å². The molecule has 5 heavy (non-hydrogen) atoms. The molecule has 26 valence electrons. The number of hydrogen-bond acceptors (Lipinski definition) is 0. The minimum atomic E-state index is 0.329.